The van der Waals surface area contributed by atoms with Crippen molar-refractivity contribution in [2.75, 3.05) is 33.3 Å². The average Bonchev–Trinajstić information content (AvgIpc) is 3.30. The molecule has 1 saturated carbocycles. The number of nitrogens with zero attached hydrogens (tertiary/aromatic N) is 3. The highest BCUT2D eigenvalue weighted by Crippen LogP contribution is 2.38. The number of hydrogen-bond donors (Lipinski definition) is 0. The first-order valence-electron chi connectivity index (χ1n) is 8.76. The van der Waals surface area contributed by atoms with Crippen LogP contribution in [0.4, 0.5) is 0 Å². The second-order valence-electron chi connectivity index (χ2n) is 7.26. The van der Waals surface area contributed by atoms with Crippen molar-refractivity contribution < 1.29 is 13.2 Å². The molecular weight excluding hydrogens is 326 g/mol. The molecule has 1 aromatic heterocycles. The third-order valence-electron chi connectivity index (χ3n) is 5.65. The summed E-state index contributed by atoms with van der Waals surface area (Å²) < 4.78 is 33.6. The van der Waals surface area contributed by atoms with Gasteiger partial charge in [-0.3, -0.25) is 4.98 Å². The molecule has 132 valence electrons. The number of rotatable bonds is 5. The van der Waals surface area contributed by atoms with Crippen LogP contribution in [0.1, 0.15) is 19.3 Å². The molecule has 3 heterocycles. The fraction of sp³-hybridized carbons (Fsp3) is 0.706. The van der Waals surface area contributed by atoms with Gasteiger partial charge in [-0.15, -0.1) is 0 Å². The van der Waals surface area contributed by atoms with Gasteiger partial charge < -0.3 is 9.64 Å². The van der Waals surface area contributed by atoms with Gasteiger partial charge in [0.05, 0.1) is 6.10 Å². The van der Waals surface area contributed by atoms with Gasteiger partial charge in [-0.2, -0.15) is 4.31 Å². The topological polar surface area (TPSA) is 62.7 Å². The summed E-state index contributed by atoms with van der Waals surface area (Å²) in [5.41, 5.74) is 0. The summed E-state index contributed by atoms with van der Waals surface area (Å²) in [6.45, 7) is 3.39. The van der Waals surface area contributed by atoms with Gasteiger partial charge in [-0.05, 0) is 37.3 Å². The standard InChI is InChI=1S/C17H25N3O3S/c1-23-17-6-8-20(24(21,22)14-3-2-7-18-9-14)16-12-19(11-15(16)17)10-13-4-5-13/h2-3,7,9,13,15-17H,4-6,8,10-12H2,1H3/t15-,16+,17-/m0/s1. The summed E-state index contributed by atoms with van der Waals surface area (Å²) in [7, 11) is -1.75. The Morgan fingerprint density at radius 1 is 1.29 bits per heavy atom. The zero-order valence-electron chi connectivity index (χ0n) is 14.0. The second kappa shape index (κ2) is 6.37. The minimum Gasteiger partial charge on any atom is -0.381 e. The summed E-state index contributed by atoms with van der Waals surface area (Å²) in [4.78, 5) is 6.72. The maximum atomic E-state index is 13.1. The van der Waals surface area contributed by atoms with E-state index in [1.165, 1.54) is 19.0 Å². The molecule has 0 bridgehead atoms. The van der Waals surface area contributed by atoms with Gasteiger partial charge in [-0.1, -0.05) is 0 Å². The van der Waals surface area contributed by atoms with E-state index in [9.17, 15) is 8.42 Å². The summed E-state index contributed by atoms with van der Waals surface area (Å²) in [6.07, 6.45) is 6.60. The van der Waals surface area contributed by atoms with Gasteiger partial charge in [0.15, 0.2) is 0 Å². The van der Waals surface area contributed by atoms with E-state index >= 15 is 0 Å². The molecule has 3 fully saturated rings. The van der Waals surface area contributed by atoms with Crippen LogP contribution in [0.2, 0.25) is 0 Å². The molecule has 2 saturated heterocycles. The molecule has 0 N–H and O–H groups in total. The fourth-order valence-corrected chi connectivity index (χ4v) is 5.88. The third-order valence-corrected chi connectivity index (χ3v) is 7.56. The smallest absolute Gasteiger partial charge is 0.244 e. The van der Waals surface area contributed by atoms with Crippen LogP contribution in [-0.4, -0.2) is 68.0 Å². The molecule has 7 heteroatoms. The Labute approximate surface area is 143 Å². The highest BCUT2D eigenvalue weighted by atomic mass is 32.2. The number of hydrogen-bond acceptors (Lipinski definition) is 5. The molecule has 6 nitrogen and oxygen atoms in total. The summed E-state index contributed by atoms with van der Waals surface area (Å²) in [5.74, 6) is 1.07. The van der Waals surface area contributed by atoms with Gasteiger partial charge in [0.1, 0.15) is 4.90 Å². The van der Waals surface area contributed by atoms with E-state index in [1.54, 1.807) is 29.7 Å². The van der Waals surface area contributed by atoms with Gasteiger partial charge in [0.2, 0.25) is 10.0 Å². The molecule has 0 spiro atoms. The molecule has 1 aliphatic carbocycles. The quantitative estimate of drug-likeness (QED) is 0.798. The summed E-state index contributed by atoms with van der Waals surface area (Å²) in [5, 5.41) is 0. The van der Waals surface area contributed by atoms with E-state index < -0.39 is 10.0 Å². The van der Waals surface area contributed by atoms with Crippen LogP contribution in [0.25, 0.3) is 0 Å². The van der Waals surface area contributed by atoms with E-state index in [-0.39, 0.29) is 18.1 Å². The molecule has 0 amide bonds. The third kappa shape index (κ3) is 2.98. The molecule has 3 atom stereocenters. The largest absolute Gasteiger partial charge is 0.381 e. The maximum absolute atomic E-state index is 13.1. The van der Waals surface area contributed by atoms with Crippen LogP contribution in [0.5, 0.6) is 0 Å². The Bertz CT molecular complexity index is 678. The SMILES string of the molecule is CO[C@H]1CCN(S(=O)(=O)c2cccnc2)[C@@H]2CN(CC3CC3)C[C@H]12. The zero-order chi connectivity index (χ0) is 16.7. The summed E-state index contributed by atoms with van der Waals surface area (Å²) >= 11 is 0. The Kier molecular flexibility index (Phi) is 4.36. The van der Waals surface area contributed by atoms with E-state index in [4.69, 9.17) is 4.74 Å². The number of piperidine rings is 1. The molecule has 24 heavy (non-hydrogen) atoms. The van der Waals surface area contributed by atoms with E-state index in [0.29, 0.717) is 11.4 Å². The number of pyridine rings is 1. The van der Waals surface area contributed by atoms with Crippen molar-refractivity contribution in [3.63, 3.8) is 0 Å². The van der Waals surface area contributed by atoms with E-state index in [0.717, 1.165) is 32.0 Å². The predicted octanol–water partition coefficient (Wildman–Crippen LogP) is 1.20. The van der Waals surface area contributed by atoms with E-state index in [2.05, 4.69) is 9.88 Å². The van der Waals surface area contributed by atoms with Gasteiger partial charge in [-0.25, -0.2) is 8.42 Å². The summed E-state index contributed by atoms with van der Waals surface area (Å²) in [6, 6.07) is 3.32. The Morgan fingerprint density at radius 2 is 2.12 bits per heavy atom. The highest BCUT2D eigenvalue weighted by molar-refractivity contribution is 7.89. The first-order chi connectivity index (χ1) is 11.6. The number of likely N-dealkylation sites (tertiary alicyclic amines) is 1. The number of aromatic nitrogens is 1. The number of ether oxygens (including phenoxy) is 1. The molecular formula is C17H25N3O3S. The van der Waals surface area contributed by atoms with Crippen LogP contribution >= 0.6 is 0 Å². The molecule has 0 radical (unpaired) electrons. The Balaban J connectivity index is 1.59. The first kappa shape index (κ1) is 16.4. The molecule has 4 rings (SSSR count). The lowest BCUT2D eigenvalue weighted by Gasteiger charge is -2.40. The minimum atomic E-state index is -3.50. The van der Waals surface area contributed by atoms with Crippen LogP contribution in [-0.2, 0) is 14.8 Å². The van der Waals surface area contributed by atoms with Crippen LogP contribution in [0.3, 0.4) is 0 Å². The molecule has 2 aliphatic heterocycles. The molecule has 3 aliphatic rings. The van der Waals surface area contributed by atoms with Crippen LogP contribution in [0, 0.1) is 11.8 Å². The lowest BCUT2D eigenvalue weighted by Crippen LogP contribution is -2.53. The first-order valence-corrected chi connectivity index (χ1v) is 10.2. The fourth-order valence-electron chi connectivity index (χ4n) is 4.24. The van der Waals surface area contributed by atoms with Crippen LogP contribution in [0.15, 0.2) is 29.4 Å². The average molecular weight is 351 g/mol. The Hall–Kier alpha value is -1.02. The normalized spacial score (nSPS) is 32.0. The lowest BCUT2D eigenvalue weighted by molar-refractivity contribution is 0.00231. The van der Waals surface area contributed by atoms with Crippen LogP contribution < -0.4 is 0 Å². The second-order valence-corrected chi connectivity index (χ2v) is 9.15. The number of fused-ring (bicyclic) bond motifs is 1. The van der Waals surface area contributed by atoms with Crippen molar-refractivity contribution >= 4 is 10.0 Å². The van der Waals surface area contributed by atoms with Crippen molar-refractivity contribution in [2.45, 2.75) is 36.3 Å². The maximum Gasteiger partial charge on any atom is 0.244 e. The van der Waals surface area contributed by atoms with Gasteiger partial charge >= 0.3 is 0 Å². The lowest BCUT2D eigenvalue weighted by atomic mass is 9.91. The highest BCUT2D eigenvalue weighted by Gasteiger charge is 2.49. The minimum absolute atomic E-state index is 0.00709. The van der Waals surface area contributed by atoms with Crippen molar-refractivity contribution in [3.8, 4) is 0 Å². The van der Waals surface area contributed by atoms with Crippen molar-refractivity contribution in [1.29, 1.82) is 0 Å². The van der Waals surface area contributed by atoms with Crippen molar-refractivity contribution in [1.82, 2.24) is 14.2 Å². The predicted molar refractivity (Wildman–Crippen MR) is 90.0 cm³/mol. The molecule has 0 unspecified atom stereocenters. The molecule has 1 aromatic rings. The monoisotopic (exact) mass is 351 g/mol. The Morgan fingerprint density at radius 3 is 2.79 bits per heavy atom. The van der Waals surface area contributed by atoms with E-state index in [1.807, 2.05) is 0 Å². The van der Waals surface area contributed by atoms with Gasteiger partial charge in [0, 0.05) is 57.6 Å². The molecule has 0 aromatic carbocycles. The zero-order valence-corrected chi connectivity index (χ0v) is 14.9. The van der Waals surface area contributed by atoms with Crippen molar-refractivity contribution in [2.24, 2.45) is 11.8 Å². The number of methoxy groups -OCH3 is 1. The van der Waals surface area contributed by atoms with Gasteiger partial charge in [0.25, 0.3) is 0 Å². The van der Waals surface area contributed by atoms with Crippen molar-refractivity contribution in [3.05, 3.63) is 24.5 Å². The number of sulfonamides is 1.